The highest BCUT2D eigenvalue weighted by molar-refractivity contribution is 7.89. The van der Waals surface area contributed by atoms with E-state index in [-0.39, 0.29) is 30.2 Å². The summed E-state index contributed by atoms with van der Waals surface area (Å²) in [6, 6.07) is 9.54. The van der Waals surface area contributed by atoms with Crippen molar-refractivity contribution in [1.29, 1.82) is 0 Å². The molecule has 34 heavy (non-hydrogen) atoms. The normalized spacial score (nSPS) is 13.9. The summed E-state index contributed by atoms with van der Waals surface area (Å²) in [4.78, 5) is 21.3. The fourth-order valence-corrected chi connectivity index (χ4v) is 5.94. The Labute approximate surface area is 196 Å². The molecule has 1 N–H and O–H groups in total. The van der Waals surface area contributed by atoms with E-state index in [1.165, 1.54) is 21.0 Å². The van der Waals surface area contributed by atoms with Crippen molar-refractivity contribution in [2.45, 2.75) is 31.5 Å². The van der Waals surface area contributed by atoms with Crippen molar-refractivity contribution in [3.8, 4) is 0 Å². The first-order valence-electron chi connectivity index (χ1n) is 10.7. The predicted octanol–water partition coefficient (Wildman–Crippen LogP) is 3.05. The maximum atomic E-state index is 14.5. The van der Waals surface area contributed by atoms with Gasteiger partial charge in [-0.05, 0) is 48.4 Å². The molecule has 1 aromatic carbocycles. The molecule has 1 aliphatic heterocycles. The molecule has 0 saturated carbocycles. The van der Waals surface area contributed by atoms with E-state index in [2.05, 4.69) is 15.3 Å². The highest BCUT2D eigenvalue weighted by Crippen LogP contribution is 2.30. The number of carbonyl (C=O) groups excluding carboxylic acids is 1. The van der Waals surface area contributed by atoms with Gasteiger partial charge >= 0.3 is 0 Å². The number of sulfonamides is 1. The van der Waals surface area contributed by atoms with Crippen molar-refractivity contribution in [2.75, 3.05) is 0 Å². The van der Waals surface area contributed by atoms with Gasteiger partial charge in [0.1, 0.15) is 16.4 Å². The molecule has 0 aliphatic carbocycles. The van der Waals surface area contributed by atoms with Gasteiger partial charge in [0.2, 0.25) is 10.0 Å². The van der Waals surface area contributed by atoms with E-state index >= 15 is 0 Å². The minimum absolute atomic E-state index is 0.0611. The monoisotopic (exact) mass is 479 g/mol. The number of pyridine rings is 2. The number of benzene rings is 1. The molecule has 4 heterocycles. The van der Waals surface area contributed by atoms with E-state index in [4.69, 9.17) is 0 Å². The van der Waals surface area contributed by atoms with Crippen molar-refractivity contribution in [3.05, 3.63) is 88.9 Å². The second-order valence-electron chi connectivity index (χ2n) is 8.23. The molecule has 0 radical (unpaired) electrons. The van der Waals surface area contributed by atoms with Gasteiger partial charge in [-0.3, -0.25) is 14.8 Å². The van der Waals surface area contributed by atoms with Crippen molar-refractivity contribution in [2.24, 2.45) is 7.05 Å². The SMILES string of the molecule is Cc1c(S(=O)(=O)N2Cc3ccncc3C2)cc(C(=O)NCc2c(F)ccc3ncccc23)n1C. The zero-order valence-electron chi connectivity index (χ0n) is 18.6. The Morgan fingerprint density at radius 1 is 1.15 bits per heavy atom. The van der Waals surface area contributed by atoms with Gasteiger partial charge in [-0.25, -0.2) is 12.8 Å². The average Bonchev–Trinajstić information content (AvgIpc) is 3.40. The predicted molar refractivity (Wildman–Crippen MR) is 124 cm³/mol. The quantitative estimate of drug-likeness (QED) is 0.475. The largest absolute Gasteiger partial charge is 0.347 e. The lowest BCUT2D eigenvalue weighted by molar-refractivity contribution is 0.0942. The molecule has 1 aliphatic rings. The van der Waals surface area contributed by atoms with Crippen LogP contribution in [0.25, 0.3) is 10.9 Å². The standard InChI is InChI=1S/C24H22FN5O3S/c1-15-23(34(32,33)30-13-16-7-9-26-11-17(16)14-30)10-22(29(15)2)24(31)28-12-19-18-4-3-8-27-21(18)6-5-20(19)25/h3-11H,12-14H2,1-2H3,(H,28,31). The summed E-state index contributed by atoms with van der Waals surface area (Å²) in [7, 11) is -2.21. The molecule has 1 amide bonds. The molecule has 10 heteroatoms. The Balaban J connectivity index is 1.40. The molecule has 4 aromatic rings. The Morgan fingerprint density at radius 2 is 1.94 bits per heavy atom. The lowest BCUT2D eigenvalue weighted by Gasteiger charge is -2.15. The maximum Gasteiger partial charge on any atom is 0.268 e. The second-order valence-corrected chi connectivity index (χ2v) is 10.1. The molecule has 0 spiro atoms. The summed E-state index contributed by atoms with van der Waals surface area (Å²) in [6.07, 6.45) is 4.93. The van der Waals surface area contributed by atoms with Gasteiger partial charge in [-0.2, -0.15) is 4.31 Å². The summed E-state index contributed by atoms with van der Waals surface area (Å²) in [5, 5.41) is 3.33. The van der Waals surface area contributed by atoms with Crippen LogP contribution in [-0.2, 0) is 36.7 Å². The average molecular weight is 480 g/mol. The minimum atomic E-state index is -3.84. The lowest BCUT2D eigenvalue weighted by atomic mass is 10.1. The molecule has 0 saturated heterocycles. The van der Waals surface area contributed by atoms with Crippen LogP contribution < -0.4 is 5.32 Å². The van der Waals surface area contributed by atoms with Crippen LogP contribution in [0.4, 0.5) is 4.39 Å². The zero-order chi connectivity index (χ0) is 24.0. The van der Waals surface area contributed by atoms with Crippen LogP contribution in [-0.4, -0.2) is 33.2 Å². The summed E-state index contributed by atoms with van der Waals surface area (Å²) in [5.41, 5.74) is 3.34. The van der Waals surface area contributed by atoms with Crippen LogP contribution in [0.1, 0.15) is 32.9 Å². The third kappa shape index (κ3) is 3.64. The topological polar surface area (TPSA) is 97.2 Å². The Hall–Kier alpha value is -3.63. The van der Waals surface area contributed by atoms with Crippen LogP contribution in [0.2, 0.25) is 0 Å². The number of amides is 1. The van der Waals surface area contributed by atoms with Gasteiger partial charge in [0.15, 0.2) is 0 Å². The highest BCUT2D eigenvalue weighted by Gasteiger charge is 2.34. The zero-order valence-corrected chi connectivity index (χ0v) is 19.4. The summed E-state index contributed by atoms with van der Waals surface area (Å²) in [6.45, 7) is 2.08. The minimum Gasteiger partial charge on any atom is -0.347 e. The number of hydrogen-bond acceptors (Lipinski definition) is 5. The summed E-state index contributed by atoms with van der Waals surface area (Å²) >= 11 is 0. The maximum absolute atomic E-state index is 14.5. The third-order valence-corrected chi connectivity index (χ3v) is 8.21. The van der Waals surface area contributed by atoms with Gasteiger partial charge < -0.3 is 9.88 Å². The first-order chi connectivity index (χ1) is 16.3. The molecule has 0 atom stereocenters. The lowest BCUT2D eigenvalue weighted by Crippen LogP contribution is -2.26. The summed E-state index contributed by atoms with van der Waals surface area (Å²) < 4.78 is 44.2. The fourth-order valence-electron chi connectivity index (χ4n) is 4.27. The van der Waals surface area contributed by atoms with Gasteiger partial charge in [0.05, 0.1) is 5.52 Å². The van der Waals surface area contributed by atoms with Crippen molar-refractivity contribution in [1.82, 2.24) is 24.2 Å². The molecule has 174 valence electrons. The van der Waals surface area contributed by atoms with Crippen LogP contribution >= 0.6 is 0 Å². The molecule has 0 fully saturated rings. The van der Waals surface area contributed by atoms with E-state index < -0.39 is 21.7 Å². The molecule has 0 unspecified atom stereocenters. The van der Waals surface area contributed by atoms with Gasteiger partial charge in [0, 0.05) is 61.9 Å². The van der Waals surface area contributed by atoms with Crippen molar-refractivity contribution < 1.29 is 17.6 Å². The molecule has 8 nitrogen and oxygen atoms in total. The van der Waals surface area contributed by atoms with Crippen LogP contribution in [0.5, 0.6) is 0 Å². The third-order valence-electron chi connectivity index (χ3n) is 6.30. The number of nitrogens with zero attached hydrogens (tertiary/aromatic N) is 4. The highest BCUT2D eigenvalue weighted by atomic mass is 32.2. The van der Waals surface area contributed by atoms with Crippen LogP contribution in [0.3, 0.4) is 0 Å². The van der Waals surface area contributed by atoms with Gasteiger partial charge in [0.25, 0.3) is 5.91 Å². The first kappa shape index (κ1) is 22.2. The number of fused-ring (bicyclic) bond motifs is 2. The molecule has 0 bridgehead atoms. The number of rotatable bonds is 5. The fraction of sp³-hybridized carbons (Fsp3) is 0.208. The van der Waals surface area contributed by atoms with Gasteiger partial charge in [-0.1, -0.05) is 6.07 Å². The Bertz CT molecular complexity index is 1520. The molecular formula is C24H22FN5O3S. The summed E-state index contributed by atoms with van der Waals surface area (Å²) in [5.74, 6) is -0.948. The Morgan fingerprint density at radius 3 is 2.74 bits per heavy atom. The van der Waals surface area contributed by atoms with E-state index in [0.717, 1.165) is 11.1 Å². The van der Waals surface area contributed by atoms with Crippen LogP contribution in [0.15, 0.2) is 59.9 Å². The first-order valence-corrected chi connectivity index (χ1v) is 12.1. The smallest absolute Gasteiger partial charge is 0.268 e. The Kier molecular flexibility index (Phi) is 5.41. The van der Waals surface area contributed by atoms with Gasteiger partial charge in [-0.15, -0.1) is 0 Å². The molecule has 5 rings (SSSR count). The number of aromatic nitrogens is 3. The number of carbonyl (C=O) groups is 1. The van der Waals surface area contributed by atoms with Crippen molar-refractivity contribution >= 4 is 26.8 Å². The molecule has 3 aromatic heterocycles. The van der Waals surface area contributed by atoms with Crippen LogP contribution in [0, 0.1) is 12.7 Å². The van der Waals surface area contributed by atoms with E-state index in [9.17, 15) is 17.6 Å². The number of nitrogens with one attached hydrogen (secondary N) is 1. The second kappa shape index (κ2) is 8.30. The van der Waals surface area contributed by atoms with Crippen molar-refractivity contribution in [3.63, 3.8) is 0 Å². The van der Waals surface area contributed by atoms with E-state index in [1.807, 2.05) is 6.07 Å². The number of halogens is 1. The van der Waals surface area contributed by atoms with E-state index in [0.29, 0.717) is 22.2 Å². The number of hydrogen-bond donors (Lipinski definition) is 1. The van der Waals surface area contributed by atoms with E-state index in [1.54, 1.807) is 50.8 Å². The molecular weight excluding hydrogens is 457 g/mol.